The average molecular weight is 326 g/mol. The highest BCUT2D eigenvalue weighted by Crippen LogP contribution is 2.14. The first-order valence-corrected chi connectivity index (χ1v) is 8.12. The van der Waals surface area contributed by atoms with Crippen molar-refractivity contribution in [1.29, 1.82) is 0 Å². The Hall–Kier alpha value is -3.26. The van der Waals surface area contributed by atoms with Crippen molar-refractivity contribution in [2.75, 3.05) is 0 Å². The number of ketones is 2. The van der Waals surface area contributed by atoms with E-state index < -0.39 is 0 Å². The zero-order valence-corrected chi connectivity index (χ0v) is 14.0. The van der Waals surface area contributed by atoms with Crippen LogP contribution in [0.5, 0.6) is 0 Å². The minimum atomic E-state index is 0.0240. The Kier molecular flexibility index (Phi) is 5.00. The Balaban J connectivity index is 1.72. The molecule has 0 heterocycles. The van der Waals surface area contributed by atoms with Gasteiger partial charge in [-0.15, -0.1) is 0 Å². The molecule has 0 bridgehead atoms. The van der Waals surface area contributed by atoms with E-state index in [1.807, 2.05) is 91.0 Å². The van der Waals surface area contributed by atoms with Gasteiger partial charge in [0.2, 0.25) is 0 Å². The average Bonchev–Trinajstić information content (AvgIpc) is 2.67. The van der Waals surface area contributed by atoms with Gasteiger partial charge < -0.3 is 0 Å². The van der Waals surface area contributed by atoms with Gasteiger partial charge in [-0.3, -0.25) is 9.59 Å². The van der Waals surface area contributed by atoms with Gasteiger partial charge in [0.15, 0.2) is 11.6 Å². The maximum Gasteiger partial charge on any atom is 0.193 e. The summed E-state index contributed by atoms with van der Waals surface area (Å²) in [6.07, 6.45) is 3.97. The third kappa shape index (κ3) is 4.18. The molecule has 0 amide bonds. The first kappa shape index (κ1) is 16.6. The lowest BCUT2D eigenvalue weighted by Crippen LogP contribution is -2.00. The molecule has 3 aromatic carbocycles. The summed E-state index contributed by atoms with van der Waals surface area (Å²) in [7, 11) is 0. The van der Waals surface area contributed by atoms with Crippen LogP contribution >= 0.6 is 0 Å². The van der Waals surface area contributed by atoms with E-state index in [0.29, 0.717) is 16.7 Å². The van der Waals surface area contributed by atoms with E-state index in [2.05, 4.69) is 0 Å². The standard InChI is InChI=1S/C23H18O2/c1-17(24)20-13-9-18(10-14-20)7-8-19-11-15-22(16-12-19)23(25)21-5-3-2-4-6-21/h2-16H,1H3/b8-7+. The van der Waals surface area contributed by atoms with Crippen LogP contribution < -0.4 is 0 Å². The number of carbonyl (C=O) groups excluding carboxylic acids is 2. The fraction of sp³-hybridized carbons (Fsp3) is 0.0435. The second kappa shape index (κ2) is 7.54. The molecule has 2 nitrogen and oxygen atoms in total. The minimum absolute atomic E-state index is 0.0240. The summed E-state index contributed by atoms with van der Waals surface area (Å²) in [6.45, 7) is 1.56. The van der Waals surface area contributed by atoms with E-state index in [1.165, 1.54) is 0 Å². The van der Waals surface area contributed by atoms with E-state index in [4.69, 9.17) is 0 Å². The molecule has 0 N–H and O–H groups in total. The van der Waals surface area contributed by atoms with Crippen LogP contribution in [0.2, 0.25) is 0 Å². The van der Waals surface area contributed by atoms with E-state index in [1.54, 1.807) is 6.92 Å². The van der Waals surface area contributed by atoms with Gasteiger partial charge in [0.25, 0.3) is 0 Å². The summed E-state index contributed by atoms with van der Waals surface area (Å²) < 4.78 is 0. The van der Waals surface area contributed by atoms with Gasteiger partial charge in [-0.1, -0.05) is 91.0 Å². The summed E-state index contributed by atoms with van der Waals surface area (Å²) in [5.74, 6) is 0.0881. The van der Waals surface area contributed by atoms with Crippen LogP contribution in [0.3, 0.4) is 0 Å². The molecule has 0 unspecified atom stereocenters. The molecule has 0 aliphatic carbocycles. The summed E-state index contributed by atoms with van der Waals surface area (Å²) >= 11 is 0. The lowest BCUT2D eigenvalue weighted by molar-refractivity contribution is 0.101. The number of hydrogen-bond donors (Lipinski definition) is 0. The van der Waals surface area contributed by atoms with Crippen LogP contribution in [-0.4, -0.2) is 11.6 Å². The molecule has 2 heteroatoms. The third-order valence-corrected chi connectivity index (χ3v) is 3.99. The number of carbonyl (C=O) groups is 2. The van der Waals surface area contributed by atoms with Crippen LogP contribution in [0.15, 0.2) is 78.9 Å². The highest BCUT2D eigenvalue weighted by atomic mass is 16.1. The Bertz CT molecular complexity index is 903. The molecule has 0 aliphatic heterocycles. The van der Waals surface area contributed by atoms with Gasteiger partial charge in [-0.05, 0) is 18.1 Å². The van der Waals surface area contributed by atoms with Crippen molar-refractivity contribution in [2.45, 2.75) is 6.92 Å². The topological polar surface area (TPSA) is 34.1 Å². The van der Waals surface area contributed by atoms with Crippen LogP contribution in [0.25, 0.3) is 12.2 Å². The molecule has 25 heavy (non-hydrogen) atoms. The van der Waals surface area contributed by atoms with Gasteiger partial charge in [0.1, 0.15) is 0 Å². The van der Waals surface area contributed by atoms with Crippen LogP contribution in [-0.2, 0) is 0 Å². The summed E-state index contributed by atoms with van der Waals surface area (Å²) in [6, 6.07) is 24.3. The van der Waals surface area contributed by atoms with Gasteiger partial charge >= 0.3 is 0 Å². The van der Waals surface area contributed by atoms with Crippen molar-refractivity contribution < 1.29 is 9.59 Å². The van der Waals surface area contributed by atoms with E-state index in [9.17, 15) is 9.59 Å². The third-order valence-electron chi connectivity index (χ3n) is 3.99. The first-order valence-electron chi connectivity index (χ1n) is 8.12. The highest BCUT2D eigenvalue weighted by Gasteiger charge is 2.07. The Morgan fingerprint density at radius 3 is 1.52 bits per heavy atom. The molecular weight excluding hydrogens is 308 g/mol. The zero-order chi connectivity index (χ0) is 17.6. The zero-order valence-electron chi connectivity index (χ0n) is 14.0. The van der Waals surface area contributed by atoms with E-state index in [0.717, 1.165) is 11.1 Å². The monoisotopic (exact) mass is 326 g/mol. The van der Waals surface area contributed by atoms with Crippen LogP contribution in [0.4, 0.5) is 0 Å². The molecule has 122 valence electrons. The lowest BCUT2D eigenvalue weighted by atomic mass is 10.0. The van der Waals surface area contributed by atoms with Crippen molar-refractivity contribution in [1.82, 2.24) is 0 Å². The number of Topliss-reactive ketones (excluding diaryl/α,β-unsaturated/α-hetero) is 1. The predicted molar refractivity (Wildman–Crippen MR) is 102 cm³/mol. The van der Waals surface area contributed by atoms with Crippen molar-refractivity contribution >= 4 is 23.7 Å². The number of hydrogen-bond acceptors (Lipinski definition) is 2. The molecule has 0 spiro atoms. The van der Waals surface area contributed by atoms with Crippen molar-refractivity contribution in [2.24, 2.45) is 0 Å². The van der Waals surface area contributed by atoms with Crippen molar-refractivity contribution in [3.63, 3.8) is 0 Å². The van der Waals surface area contributed by atoms with Gasteiger partial charge in [0.05, 0.1) is 0 Å². The molecule has 0 aromatic heterocycles. The van der Waals surface area contributed by atoms with Crippen molar-refractivity contribution in [3.05, 3.63) is 107 Å². The molecule has 0 radical (unpaired) electrons. The Labute approximate surface area is 147 Å². The summed E-state index contributed by atoms with van der Waals surface area (Å²) in [5, 5.41) is 0. The largest absolute Gasteiger partial charge is 0.295 e. The second-order valence-corrected chi connectivity index (χ2v) is 5.83. The van der Waals surface area contributed by atoms with Crippen molar-refractivity contribution in [3.8, 4) is 0 Å². The summed E-state index contributed by atoms with van der Waals surface area (Å²) in [5.41, 5.74) is 4.11. The Morgan fingerprint density at radius 2 is 1.04 bits per heavy atom. The Morgan fingerprint density at radius 1 is 0.600 bits per heavy atom. The molecule has 0 saturated heterocycles. The number of benzene rings is 3. The molecular formula is C23H18O2. The molecule has 3 aromatic rings. The number of rotatable bonds is 5. The first-order chi connectivity index (χ1) is 12.1. The maximum absolute atomic E-state index is 12.4. The fourth-order valence-corrected chi connectivity index (χ4v) is 2.52. The quantitative estimate of drug-likeness (QED) is 0.471. The smallest absolute Gasteiger partial charge is 0.193 e. The van der Waals surface area contributed by atoms with Gasteiger partial charge in [0, 0.05) is 16.7 Å². The van der Waals surface area contributed by atoms with Gasteiger partial charge in [-0.2, -0.15) is 0 Å². The maximum atomic E-state index is 12.4. The van der Waals surface area contributed by atoms with Crippen LogP contribution in [0.1, 0.15) is 44.3 Å². The summed E-state index contributed by atoms with van der Waals surface area (Å²) in [4.78, 5) is 23.7. The minimum Gasteiger partial charge on any atom is -0.295 e. The molecule has 0 atom stereocenters. The fourth-order valence-electron chi connectivity index (χ4n) is 2.52. The lowest BCUT2D eigenvalue weighted by Gasteiger charge is -2.02. The molecule has 0 fully saturated rings. The molecule has 0 saturated carbocycles. The highest BCUT2D eigenvalue weighted by molar-refractivity contribution is 6.09. The van der Waals surface area contributed by atoms with Gasteiger partial charge in [-0.25, -0.2) is 0 Å². The normalized spacial score (nSPS) is 10.8. The molecule has 3 rings (SSSR count). The van der Waals surface area contributed by atoms with E-state index >= 15 is 0 Å². The SMILES string of the molecule is CC(=O)c1ccc(/C=C/c2ccc(C(=O)c3ccccc3)cc2)cc1. The van der Waals surface area contributed by atoms with Crippen LogP contribution in [0, 0.1) is 0 Å². The second-order valence-electron chi connectivity index (χ2n) is 5.83. The molecule has 0 aliphatic rings. The van der Waals surface area contributed by atoms with E-state index in [-0.39, 0.29) is 11.6 Å². The predicted octanol–water partition coefficient (Wildman–Crippen LogP) is 5.29.